The first-order valence-corrected chi connectivity index (χ1v) is 9.01. The van der Waals surface area contributed by atoms with Crippen LogP contribution in [-0.2, 0) is 17.9 Å². The average Bonchev–Trinajstić information content (AvgIpc) is 3.33. The minimum absolute atomic E-state index is 0.133. The lowest BCUT2D eigenvalue weighted by atomic mass is 10.1. The Kier molecular flexibility index (Phi) is 4.55. The summed E-state index contributed by atoms with van der Waals surface area (Å²) in [6.07, 6.45) is 2.89. The van der Waals surface area contributed by atoms with E-state index in [0.29, 0.717) is 16.0 Å². The number of benzene rings is 1. The maximum Gasteiger partial charge on any atom is 0.271 e. The number of hydrogen-bond acceptors (Lipinski definition) is 5. The molecule has 0 aliphatic rings. The molecule has 6 nitrogen and oxygen atoms in total. The summed E-state index contributed by atoms with van der Waals surface area (Å²) < 4.78 is 20.0. The van der Waals surface area contributed by atoms with Crippen molar-refractivity contribution in [3.05, 3.63) is 76.3 Å². The first-order valence-electron chi connectivity index (χ1n) is 8.13. The van der Waals surface area contributed by atoms with Gasteiger partial charge in [-0.05, 0) is 29.8 Å². The summed E-state index contributed by atoms with van der Waals surface area (Å²) in [6, 6.07) is 9.51. The van der Waals surface area contributed by atoms with Crippen LogP contribution in [0.4, 0.5) is 4.39 Å². The molecule has 1 amide bonds. The molecule has 4 aromatic rings. The molecule has 1 N–H and O–H groups in total. The fraction of sp³-hybridized carbons (Fsp3) is 0.105. The maximum absolute atomic E-state index is 13.1. The number of hydrogen-bond donors (Lipinski definition) is 1. The topological polar surface area (TPSA) is 77.1 Å². The van der Waals surface area contributed by atoms with Crippen molar-refractivity contribution in [1.82, 2.24) is 14.9 Å². The van der Waals surface area contributed by atoms with Gasteiger partial charge in [0.25, 0.3) is 5.56 Å². The van der Waals surface area contributed by atoms with Crippen molar-refractivity contribution in [3.63, 3.8) is 0 Å². The lowest BCUT2D eigenvalue weighted by molar-refractivity contribution is -0.122. The van der Waals surface area contributed by atoms with Crippen molar-refractivity contribution >= 4 is 27.5 Å². The molecule has 0 radical (unpaired) electrons. The van der Waals surface area contributed by atoms with Crippen molar-refractivity contribution < 1.29 is 13.6 Å². The lowest BCUT2D eigenvalue weighted by Gasteiger charge is -2.06. The third-order valence-electron chi connectivity index (χ3n) is 4.06. The van der Waals surface area contributed by atoms with Crippen molar-refractivity contribution in [1.29, 1.82) is 0 Å². The van der Waals surface area contributed by atoms with Crippen LogP contribution in [-0.4, -0.2) is 15.5 Å². The summed E-state index contributed by atoms with van der Waals surface area (Å²) in [6.45, 7) is 0.121. The molecule has 0 fully saturated rings. The predicted octanol–water partition coefficient (Wildman–Crippen LogP) is 3.17. The summed E-state index contributed by atoms with van der Waals surface area (Å²) in [7, 11) is 0. The van der Waals surface area contributed by atoms with E-state index in [2.05, 4.69) is 10.3 Å². The molecule has 3 aromatic heterocycles. The van der Waals surface area contributed by atoms with Crippen LogP contribution in [0.3, 0.4) is 0 Å². The molecule has 8 heteroatoms. The van der Waals surface area contributed by atoms with Gasteiger partial charge < -0.3 is 9.73 Å². The number of amides is 1. The summed E-state index contributed by atoms with van der Waals surface area (Å²) in [5.41, 5.74) is 1.81. The standard InChI is InChI=1S/C19H14FN3O3S/c20-13-5-3-12(4-6-13)15-10-27-18-17(15)22-11-23(19(18)25)9-16(24)21-8-14-2-1-7-26-14/h1-7,10-11H,8-9H2,(H,21,24). The number of thiophene rings is 1. The molecule has 0 spiro atoms. The van der Waals surface area contributed by atoms with Gasteiger partial charge in [-0.1, -0.05) is 12.1 Å². The number of fused-ring (bicyclic) bond motifs is 1. The lowest BCUT2D eigenvalue weighted by Crippen LogP contribution is -2.31. The highest BCUT2D eigenvalue weighted by Gasteiger charge is 2.14. The van der Waals surface area contributed by atoms with Crippen LogP contribution in [0.15, 0.2) is 63.6 Å². The fourth-order valence-electron chi connectivity index (χ4n) is 2.70. The SMILES string of the molecule is O=C(Cn1cnc2c(-c3ccc(F)cc3)csc2c1=O)NCc1ccco1. The van der Waals surface area contributed by atoms with E-state index in [-0.39, 0.29) is 30.4 Å². The van der Waals surface area contributed by atoms with Gasteiger partial charge in [0.2, 0.25) is 5.91 Å². The van der Waals surface area contributed by atoms with Crippen LogP contribution >= 0.6 is 11.3 Å². The third kappa shape index (κ3) is 3.52. The van der Waals surface area contributed by atoms with E-state index in [0.717, 1.165) is 11.1 Å². The second-order valence-corrected chi connectivity index (χ2v) is 6.75. The number of aromatic nitrogens is 2. The Balaban J connectivity index is 1.56. The van der Waals surface area contributed by atoms with Crippen LogP contribution in [0.1, 0.15) is 5.76 Å². The molecule has 0 aliphatic carbocycles. The molecule has 1 aromatic carbocycles. The van der Waals surface area contributed by atoms with E-state index in [4.69, 9.17) is 4.42 Å². The zero-order chi connectivity index (χ0) is 18.8. The molecule has 0 aliphatic heterocycles. The molecular formula is C19H14FN3O3S. The Morgan fingerprint density at radius 2 is 2.07 bits per heavy atom. The van der Waals surface area contributed by atoms with Gasteiger partial charge in [0.15, 0.2) is 0 Å². The molecule has 27 heavy (non-hydrogen) atoms. The normalized spacial score (nSPS) is 11.0. The zero-order valence-electron chi connectivity index (χ0n) is 14.0. The van der Waals surface area contributed by atoms with Gasteiger partial charge in [-0.2, -0.15) is 0 Å². The third-order valence-corrected chi connectivity index (χ3v) is 5.01. The first kappa shape index (κ1) is 17.2. The van der Waals surface area contributed by atoms with Crippen molar-refractivity contribution in [3.8, 4) is 11.1 Å². The van der Waals surface area contributed by atoms with E-state index in [1.165, 1.54) is 40.6 Å². The summed E-state index contributed by atoms with van der Waals surface area (Å²) in [5.74, 6) is -0.00871. The molecular weight excluding hydrogens is 369 g/mol. The summed E-state index contributed by atoms with van der Waals surface area (Å²) in [4.78, 5) is 29.1. The highest BCUT2D eigenvalue weighted by atomic mass is 32.1. The Labute approximate surface area is 156 Å². The number of carbonyl (C=O) groups excluding carboxylic acids is 1. The highest BCUT2D eigenvalue weighted by molar-refractivity contribution is 7.17. The number of nitrogens with one attached hydrogen (secondary N) is 1. The Morgan fingerprint density at radius 1 is 1.26 bits per heavy atom. The zero-order valence-corrected chi connectivity index (χ0v) is 14.8. The highest BCUT2D eigenvalue weighted by Crippen LogP contribution is 2.30. The van der Waals surface area contributed by atoms with Gasteiger partial charge in [0, 0.05) is 10.9 Å². The smallest absolute Gasteiger partial charge is 0.271 e. The summed E-state index contributed by atoms with van der Waals surface area (Å²) >= 11 is 1.26. The molecule has 0 atom stereocenters. The van der Waals surface area contributed by atoms with Gasteiger partial charge >= 0.3 is 0 Å². The van der Waals surface area contributed by atoms with Gasteiger partial charge in [-0.3, -0.25) is 14.2 Å². The molecule has 0 saturated carbocycles. The van der Waals surface area contributed by atoms with Crippen molar-refractivity contribution in [2.75, 3.05) is 0 Å². The molecule has 3 heterocycles. The van der Waals surface area contributed by atoms with Crippen LogP contribution < -0.4 is 10.9 Å². The predicted molar refractivity (Wildman–Crippen MR) is 99.8 cm³/mol. The number of nitrogens with zero attached hydrogens (tertiary/aromatic N) is 2. The van der Waals surface area contributed by atoms with Gasteiger partial charge in [0.05, 0.1) is 24.7 Å². The second kappa shape index (κ2) is 7.16. The Hall–Kier alpha value is -3.26. The quantitative estimate of drug-likeness (QED) is 0.574. The Bertz CT molecular complexity index is 1150. The van der Waals surface area contributed by atoms with Crippen LogP contribution in [0.2, 0.25) is 0 Å². The summed E-state index contributed by atoms with van der Waals surface area (Å²) in [5, 5.41) is 4.51. The first-order chi connectivity index (χ1) is 13.1. The number of halogens is 1. The molecule has 136 valence electrons. The monoisotopic (exact) mass is 383 g/mol. The van der Waals surface area contributed by atoms with Crippen LogP contribution in [0.25, 0.3) is 21.3 Å². The number of furan rings is 1. The van der Waals surface area contributed by atoms with E-state index in [9.17, 15) is 14.0 Å². The second-order valence-electron chi connectivity index (χ2n) is 5.87. The van der Waals surface area contributed by atoms with Crippen molar-refractivity contribution in [2.45, 2.75) is 13.1 Å². The number of carbonyl (C=O) groups is 1. The molecule has 0 bridgehead atoms. The van der Waals surface area contributed by atoms with Gasteiger partial charge in [-0.15, -0.1) is 11.3 Å². The fourth-order valence-corrected chi connectivity index (χ4v) is 3.67. The van der Waals surface area contributed by atoms with Crippen LogP contribution in [0, 0.1) is 5.82 Å². The minimum atomic E-state index is -0.325. The van der Waals surface area contributed by atoms with E-state index >= 15 is 0 Å². The maximum atomic E-state index is 13.1. The Morgan fingerprint density at radius 3 is 2.81 bits per heavy atom. The van der Waals surface area contributed by atoms with Crippen LogP contribution in [0.5, 0.6) is 0 Å². The average molecular weight is 383 g/mol. The largest absolute Gasteiger partial charge is 0.467 e. The van der Waals surface area contributed by atoms with Gasteiger partial charge in [-0.25, -0.2) is 9.37 Å². The molecule has 4 rings (SSSR count). The van der Waals surface area contributed by atoms with Gasteiger partial charge in [0.1, 0.15) is 22.8 Å². The minimum Gasteiger partial charge on any atom is -0.467 e. The molecule has 0 saturated heterocycles. The number of rotatable bonds is 5. The molecule has 0 unspecified atom stereocenters. The van der Waals surface area contributed by atoms with Crippen molar-refractivity contribution in [2.24, 2.45) is 0 Å². The van der Waals surface area contributed by atoms with E-state index in [1.54, 1.807) is 24.3 Å². The van der Waals surface area contributed by atoms with E-state index in [1.807, 2.05) is 5.38 Å². The van der Waals surface area contributed by atoms with E-state index < -0.39 is 0 Å².